The summed E-state index contributed by atoms with van der Waals surface area (Å²) in [6.07, 6.45) is 0. The SMILES string of the molecule is O=C(O)c1csc(Nc2c(F)cccc2F)n1. The lowest BCUT2D eigenvalue weighted by atomic mass is 10.3. The van der Waals surface area contributed by atoms with Crippen LogP contribution in [0.4, 0.5) is 19.6 Å². The molecule has 0 atom stereocenters. The highest BCUT2D eigenvalue weighted by atomic mass is 32.1. The van der Waals surface area contributed by atoms with Gasteiger partial charge in [-0.3, -0.25) is 0 Å². The maximum atomic E-state index is 13.3. The first-order valence-corrected chi connectivity index (χ1v) is 5.36. The van der Waals surface area contributed by atoms with Crippen LogP contribution in [0.15, 0.2) is 23.6 Å². The third kappa shape index (κ3) is 2.39. The number of nitrogens with zero attached hydrogens (tertiary/aromatic N) is 1. The summed E-state index contributed by atoms with van der Waals surface area (Å²) in [6.45, 7) is 0. The Bertz CT molecular complexity index is 551. The number of halogens is 2. The van der Waals surface area contributed by atoms with Crippen molar-refractivity contribution in [2.75, 3.05) is 5.32 Å². The summed E-state index contributed by atoms with van der Waals surface area (Å²) in [5.41, 5.74) is -0.520. The second-order valence-corrected chi connectivity index (χ2v) is 3.92. The summed E-state index contributed by atoms with van der Waals surface area (Å²) in [5.74, 6) is -2.72. The van der Waals surface area contributed by atoms with Gasteiger partial charge < -0.3 is 10.4 Å². The zero-order chi connectivity index (χ0) is 12.4. The van der Waals surface area contributed by atoms with E-state index in [4.69, 9.17) is 5.11 Å². The average molecular weight is 256 g/mol. The molecule has 0 radical (unpaired) electrons. The van der Waals surface area contributed by atoms with Crippen LogP contribution < -0.4 is 5.32 Å². The molecule has 0 aliphatic carbocycles. The van der Waals surface area contributed by atoms with Crippen LogP contribution in [-0.4, -0.2) is 16.1 Å². The average Bonchev–Trinajstić information content (AvgIpc) is 2.72. The minimum Gasteiger partial charge on any atom is -0.476 e. The van der Waals surface area contributed by atoms with Crippen LogP contribution in [0.3, 0.4) is 0 Å². The number of para-hydroxylation sites is 1. The van der Waals surface area contributed by atoms with Crippen molar-refractivity contribution in [2.24, 2.45) is 0 Å². The Morgan fingerprint density at radius 3 is 2.53 bits per heavy atom. The van der Waals surface area contributed by atoms with Gasteiger partial charge in [-0.25, -0.2) is 18.6 Å². The Kier molecular flexibility index (Phi) is 3.01. The molecule has 0 saturated carbocycles. The fraction of sp³-hybridized carbons (Fsp3) is 0. The Labute approximate surface area is 98.6 Å². The molecule has 0 bridgehead atoms. The molecule has 2 rings (SSSR count). The fourth-order valence-corrected chi connectivity index (χ4v) is 1.84. The van der Waals surface area contributed by atoms with Crippen molar-refractivity contribution in [3.63, 3.8) is 0 Å². The first-order valence-electron chi connectivity index (χ1n) is 4.48. The zero-order valence-electron chi connectivity index (χ0n) is 8.28. The lowest BCUT2D eigenvalue weighted by molar-refractivity contribution is 0.0691. The lowest BCUT2D eigenvalue weighted by Crippen LogP contribution is -1.99. The minimum atomic E-state index is -1.19. The largest absolute Gasteiger partial charge is 0.476 e. The van der Waals surface area contributed by atoms with Crippen LogP contribution in [0.2, 0.25) is 0 Å². The van der Waals surface area contributed by atoms with E-state index in [9.17, 15) is 13.6 Å². The van der Waals surface area contributed by atoms with Crippen molar-refractivity contribution in [1.29, 1.82) is 0 Å². The number of aromatic carboxylic acids is 1. The lowest BCUT2D eigenvalue weighted by Gasteiger charge is -2.04. The van der Waals surface area contributed by atoms with E-state index >= 15 is 0 Å². The molecule has 0 aliphatic heterocycles. The molecule has 4 nitrogen and oxygen atoms in total. The number of carboxylic acids is 1. The molecule has 0 saturated heterocycles. The van der Waals surface area contributed by atoms with Gasteiger partial charge in [0, 0.05) is 5.38 Å². The van der Waals surface area contributed by atoms with Gasteiger partial charge in [0.25, 0.3) is 0 Å². The Hall–Kier alpha value is -2.02. The Morgan fingerprint density at radius 2 is 2.00 bits per heavy atom. The van der Waals surface area contributed by atoms with E-state index in [0.29, 0.717) is 0 Å². The molecular weight excluding hydrogens is 250 g/mol. The normalized spacial score (nSPS) is 10.2. The maximum absolute atomic E-state index is 13.3. The fourth-order valence-electron chi connectivity index (χ4n) is 1.15. The van der Waals surface area contributed by atoms with Gasteiger partial charge in [0.2, 0.25) is 0 Å². The molecule has 17 heavy (non-hydrogen) atoms. The molecule has 1 aromatic carbocycles. The smallest absolute Gasteiger partial charge is 0.355 e. The van der Waals surface area contributed by atoms with Crippen molar-refractivity contribution in [2.45, 2.75) is 0 Å². The molecule has 0 fully saturated rings. The van der Waals surface area contributed by atoms with E-state index in [1.807, 2.05) is 0 Å². The number of nitrogens with one attached hydrogen (secondary N) is 1. The highest BCUT2D eigenvalue weighted by Crippen LogP contribution is 2.25. The van der Waals surface area contributed by atoms with Crippen LogP contribution >= 0.6 is 11.3 Å². The summed E-state index contributed by atoms with van der Waals surface area (Å²) < 4.78 is 26.5. The quantitative estimate of drug-likeness (QED) is 0.886. The number of hydrogen-bond donors (Lipinski definition) is 2. The molecule has 0 unspecified atom stereocenters. The number of benzene rings is 1. The molecule has 2 N–H and O–H groups in total. The number of anilines is 2. The second-order valence-electron chi connectivity index (χ2n) is 3.06. The van der Waals surface area contributed by atoms with E-state index in [1.165, 1.54) is 11.4 Å². The molecule has 0 spiro atoms. The first-order chi connectivity index (χ1) is 8.08. The number of hydrogen-bond acceptors (Lipinski definition) is 4. The van der Waals surface area contributed by atoms with Crippen molar-refractivity contribution >= 4 is 28.1 Å². The van der Waals surface area contributed by atoms with Gasteiger partial charge in [-0.1, -0.05) is 6.07 Å². The number of carbonyl (C=O) groups is 1. The monoisotopic (exact) mass is 256 g/mol. The van der Waals surface area contributed by atoms with Crippen LogP contribution in [0, 0.1) is 11.6 Å². The Balaban J connectivity index is 2.28. The standard InChI is InChI=1S/C10H6F2N2O2S/c11-5-2-1-3-6(12)8(5)14-10-13-7(4-17-10)9(15)16/h1-4H,(H,13,14)(H,15,16). The van der Waals surface area contributed by atoms with E-state index in [2.05, 4.69) is 10.3 Å². The highest BCUT2D eigenvalue weighted by Gasteiger charge is 2.12. The highest BCUT2D eigenvalue weighted by molar-refractivity contribution is 7.14. The van der Waals surface area contributed by atoms with Crippen molar-refractivity contribution in [3.05, 3.63) is 40.9 Å². The van der Waals surface area contributed by atoms with E-state index in [-0.39, 0.29) is 16.5 Å². The van der Waals surface area contributed by atoms with Gasteiger partial charge in [0.05, 0.1) is 0 Å². The molecule has 0 aliphatic rings. The first kappa shape index (κ1) is 11.5. The molecule has 0 amide bonds. The zero-order valence-corrected chi connectivity index (χ0v) is 9.09. The third-order valence-corrected chi connectivity index (χ3v) is 2.68. The predicted molar refractivity (Wildman–Crippen MR) is 58.7 cm³/mol. The van der Waals surface area contributed by atoms with Gasteiger partial charge in [-0.2, -0.15) is 0 Å². The summed E-state index contributed by atoms with van der Waals surface area (Å²) in [6, 6.07) is 3.43. The van der Waals surface area contributed by atoms with Crippen LogP contribution in [0.5, 0.6) is 0 Å². The van der Waals surface area contributed by atoms with Gasteiger partial charge in [0.15, 0.2) is 10.8 Å². The Morgan fingerprint density at radius 1 is 1.35 bits per heavy atom. The molecule has 88 valence electrons. The third-order valence-electron chi connectivity index (χ3n) is 1.92. The number of aromatic nitrogens is 1. The van der Waals surface area contributed by atoms with Gasteiger partial charge in [-0.15, -0.1) is 11.3 Å². The molecule has 1 heterocycles. The maximum Gasteiger partial charge on any atom is 0.355 e. The summed E-state index contributed by atoms with van der Waals surface area (Å²) >= 11 is 0.954. The van der Waals surface area contributed by atoms with E-state index in [0.717, 1.165) is 23.5 Å². The van der Waals surface area contributed by atoms with Gasteiger partial charge >= 0.3 is 5.97 Å². The van der Waals surface area contributed by atoms with Crippen LogP contribution in [0.25, 0.3) is 0 Å². The second kappa shape index (κ2) is 4.46. The molecule has 1 aromatic heterocycles. The van der Waals surface area contributed by atoms with Crippen molar-refractivity contribution in [3.8, 4) is 0 Å². The summed E-state index contributed by atoms with van der Waals surface area (Å²) in [7, 11) is 0. The van der Waals surface area contributed by atoms with Crippen molar-refractivity contribution in [1.82, 2.24) is 4.98 Å². The number of rotatable bonds is 3. The summed E-state index contributed by atoms with van der Waals surface area (Å²) in [5, 5.41) is 12.4. The number of carboxylic acid groups (broad SMARTS) is 1. The molecule has 2 aromatic rings. The van der Waals surface area contributed by atoms with Crippen LogP contribution in [0.1, 0.15) is 10.5 Å². The minimum absolute atomic E-state index is 0.117. The predicted octanol–water partition coefficient (Wildman–Crippen LogP) is 2.86. The molecular formula is C10H6F2N2O2S. The summed E-state index contributed by atoms with van der Waals surface area (Å²) in [4.78, 5) is 14.2. The topological polar surface area (TPSA) is 62.2 Å². The van der Waals surface area contributed by atoms with Crippen LogP contribution in [-0.2, 0) is 0 Å². The van der Waals surface area contributed by atoms with Gasteiger partial charge in [0.1, 0.15) is 17.3 Å². The van der Waals surface area contributed by atoms with Crippen molar-refractivity contribution < 1.29 is 18.7 Å². The van der Waals surface area contributed by atoms with E-state index in [1.54, 1.807) is 0 Å². The molecule has 7 heteroatoms. The van der Waals surface area contributed by atoms with Gasteiger partial charge in [-0.05, 0) is 12.1 Å². The number of thiazole rings is 1. The van der Waals surface area contributed by atoms with E-state index < -0.39 is 17.6 Å².